The summed E-state index contributed by atoms with van der Waals surface area (Å²) in [5.74, 6) is 2.45. The lowest BCUT2D eigenvalue weighted by Gasteiger charge is -2.08. The second-order valence-corrected chi connectivity index (χ2v) is 5.74. The zero-order valence-electron chi connectivity index (χ0n) is 10.9. The monoisotopic (exact) mass is 317 g/mol. The predicted octanol–water partition coefficient (Wildman–Crippen LogP) is 3.75. The van der Waals surface area contributed by atoms with Crippen molar-refractivity contribution < 1.29 is 0 Å². The maximum absolute atomic E-state index is 4.71. The van der Waals surface area contributed by atoms with E-state index in [4.69, 9.17) is 4.98 Å². The minimum atomic E-state index is 0.646. The molecule has 3 nitrogen and oxygen atoms in total. The summed E-state index contributed by atoms with van der Waals surface area (Å²) in [6.07, 6.45) is 3.28. The van der Waals surface area contributed by atoms with Crippen molar-refractivity contribution in [3.63, 3.8) is 0 Å². The van der Waals surface area contributed by atoms with Crippen LogP contribution in [0.5, 0.6) is 0 Å². The third-order valence-electron chi connectivity index (χ3n) is 3.35. The Kier molecular flexibility index (Phi) is 3.51. The molecular formula is C15H16BrN3. The van der Waals surface area contributed by atoms with E-state index in [9.17, 15) is 0 Å². The maximum atomic E-state index is 4.71. The molecule has 19 heavy (non-hydrogen) atoms. The van der Waals surface area contributed by atoms with Crippen LogP contribution in [-0.2, 0) is 6.42 Å². The van der Waals surface area contributed by atoms with Gasteiger partial charge < -0.3 is 5.32 Å². The molecule has 1 N–H and O–H groups in total. The molecule has 98 valence electrons. The highest BCUT2D eigenvalue weighted by Gasteiger charge is 2.26. The van der Waals surface area contributed by atoms with Crippen molar-refractivity contribution >= 4 is 21.7 Å². The molecule has 3 rings (SSSR count). The smallest absolute Gasteiger partial charge is 0.135 e. The molecule has 1 aliphatic carbocycles. The highest BCUT2D eigenvalue weighted by molar-refractivity contribution is 9.10. The number of aromatic nitrogens is 2. The molecule has 0 radical (unpaired) electrons. The number of hydrogen-bond acceptors (Lipinski definition) is 3. The van der Waals surface area contributed by atoms with E-state index in [1.165, 1.54) is 24.1 Å². The maximum Gasteiger partial charge on any atom is 0.135 e. The van der Waals surface area contributed by atoms with Gasteiger partial charge in [0.25, 0.3) is 0 Å². The second kappa shape index (κ2) is 5.29. The van der Waals surface area contributed by atoms with E-state index in [0.717, 1.165) is 22.5 Å². The average Bonchev–Trinajstić information content (AvgIpc) is 3.25. The molecule has 4 heteroatoms. The number of anilines is 1. The molecule has 1 fully saturated rings. The second-order valence-electron chi connectivity index (χ2n) is 4.89. The molecule has 0 amide bonds. The van der Waals surface area contributed by atoms with Crippen LogP contribution in [0.2, 0.25) is 0 Å². The SMILES string of the molecule is CNc1cc(C2CC2)nc(Cc2ccccc2Br)n1. The van der Waals surface area contributed by atoms with Crippen molar-refractivity contribution in [1.82, 2.24) is 9.97 Å². The first kappa shape index (κ1) is 12.6. The van der Waals surface area contributed by atoms with Crippen LogP contribution in [0.25, 0.3) is 0 Å². The molecule has 1 heterocycles. The minimum Gasteiger partial charge on any atom is -0.373 e. The quantitative estimate of drug-likeness (QED) is 0.933. The van der Waals surface area contributed by atoms with Crippen LogP contribution in [0.3, 0.4) is 0 Å². The van der Waals surface area contributed by atoms with E-state index < -0.39 is 0 Å². The molecule has 1 saturated carbocycles. The van der Waals surface area contributed by atoms with Crippen molar-refractivity contribution in [2.45, 2.75) is 25.2 Å². The van der Waals surface area contributed by atoms with Crippen molar-refractivity contribution in [2.24, 2.45) is 0 Å². The van der Waals surface area contributed by atoms with Crippen molar-refractivity contribution in [2.75, 3.05) is 12.4 Å². The van der Waals surface area contributed by atoms with Gasteiger partial charge in [-0.05, 0) is 24.5 Å². The van der Waals surface area contributed by atoms with Crippen molar-refractivity contribution in [3.8, 4) is 0 Å². The first-order valence-electron chi connectivity index (χ1n) is 6.55. The van der Waals surface area contributed by atoms with Crippen molar-refractivity contribution in [3.05, 3.63) is 51.9 Å². The fourth-order valence-electron chi connectivity index (χ4n) is 2.13. The fourth-order valence-corrected chi connectivity index (χ4v) is 2.55. The molecule has 1 aliphatic rings. The molecule has 2 aromatic rings. The fraction of sp³-hybridized carbons (Fsp3) is 0.333. The van der Waals surface area contributed by atoms with E-state index in [2.05, 4.69) is 44.4 Å². The summed E-state index contributed by atoms with van der Waals surface area (Å²) in [6, 6.07) is 10.3. The first-order chi connectivity index (χ1) is 9.26. The van der Waals surface area contributed by atoms with E-state index in [1.54, 1.807) is 0 Å². The summed E-state index contributed by atoms with van der Waals surface area (Å²) >= 11 is 3.58. The third kappa shape index (κ3) is 2.95. The molecule has 0 bridgehead atoms. The van der Waals surface area contributed by atoms with E-state index >= 15 is 0 Å². The molecule has 0 spiro atoms. The molecule has 0 aliphatic heterocycles. The largest absolute Gasteiger partial charge is 0.373 e. The normalized spacial score (nSPS) is 14.4. The standard InChI is InChI=1S/C15H16BrN3/c1-17-14-9-13(10-6-7-10)18-15(19-14)8-11-4-2-3-5-12(11)16/h2-5,9-10H,6-8H2,1H3,(H,17,18,19). The topological polar surface area (TPSA) is 37.8 Å². The molecule has 0 unspecified atom stereocenters. The van der Waals surface area contributed by atoms with Gasteiger partial charge in [0.1, 0.15) is 11.6 Å². The van der Waals surface area contributed by atoms with Crippen LogP contribution in [0.1, 0.15) is 35.8 Å². The molecular weight excluding hydrogens is 302 g/mol. The Morgan fingerprint density at radius 2 is 2.05 bits per heavy atom. The van der Waals surface area contributed by atoms with Gasteiger partial charge in [-0.2, -0.15) is 0 Å². The van der Waals surface area contributed by atoms with Gasteiger partial charge in [0, 0.05) is 35.6 Å². The Labute approximate surface area is 121 Å². The van der Waals surface area contributed by atoms with Gasteiger partial charge in [-0.25, -0.2) is 9.97 Å². The molecule has 1 aromatic heterocycles. The third-order valence-corrected chi connectivity index (χ3v) is 4.12. The van der Waals surface area contributed by atoms with Crippen LogP contribution in [0.15, 0.2) is 34.8 Å². The highest BCUT2D eigenvalue weighted by atomic mass is 79.9. The number of nitrogens with one attached hydrogen (secondary N) is 1. The number of nitrogens with zero attached hydrogens (tertiary/aromatic N) is 2. The van der Waals surface area contributed by atoms with Crippen LogP contribution >= 0.6 is 15.9 Å². The first-order valence-corrected chi connectivity index (χ1v) is 7.34. The van der Waals surface area contributed by atoms with Gasteiger partial charge in [-0.1, -0.05) is 34.1 Å². The molecule has 0 saturated heterocycles. The number of halogens is 1. The predicted molar refractivity (Wildman–Crippen MR) is 80.5 cm³/mol. The average molecular weight is 318 g/mol. The number of benzene rings is 1. The molecule has 1 aromatic carbocycles. The van der Waals surface area contributed by atoms with E-state index in [-0.39, 0.29) is 0 Å². The summed E-state index contributed by atoms with van der Waals surface area (Å²) in [5.41, 5.74) is 2.40. The Balaban J connectivity index is 1.91. The lowest BCUT2D eigenvalue weighted by atomic mass is 10.1. The van der Waals surface area contributed by atoms with Crippen molar-refractivity contribution in [1.29, 1.82) is 0 Å². The van der Waals surface area contributed by atoms with Gasteiger partial charge in [-0.15, -0.1) is 0 Å². The Bertz CT molecular complexity index is 594. The summed E-state index contributed by atoms with van der Waals surface area (Å²) in [7, 11) is 1.90. The lowest BCUT2D eigenvalue weighted by Crippen LogP contribution is -2.04. The minimum absolute atomic E-state index is 0.646. The van der Waals surface area contributed by atoms with E-state index in [1.807, 2.05) is 19.2 Å². The van der Waals surface area contributed by atoms with Crippen LogP contribution in [-0.4, -0.2) is 17.0 Å². The summed E-state index contributed by atoms with van der Waals surface area (Å²) in [6.45, 7) is 0. The summed E-state index contributed by atoms with van der Waals surface area (Å²) < 4.78 is 1.11. The zero-order chi connectivity index (χ0) is 13.2. The Morgan fingerprint density at radius 1 is 1.26 bits per heavy atom. The van der Waals surface area contributed by atoms with Crippen LogP contribution in [0.4, 0.5) is 5.82 Å². The highest BCUT2D eigenvalue weighted by Crippen LogP contribution is 2.39. The number of rotatable bonds is 4. The van der Waals surface area contributed by atoms with Crippen LogP contribution in [0, 0.1) is 0 Å². The molecule has 0 atom stereocenters. The van der Waals surface area contributed by atoms with E-state index in [0.29, 0.717) is 5.92 Å². The Morgan fingerprint density at radius 3 is 2.74 bits per heavy atom. The van der Waals surface area contributed by atoms with Gasteiger partial charge in [-0.3, -0.25) is 0 Å². The Hall–Kier alpha value is -1.42. The summed E-state index contributed by atoms with van der Waals surface area (Å²) in [4.78, 5) is 9.26. The zero-order valence-corrected chi connectivity index (χ0v) is 12.4. The van der Waals surface area contributed by atoms with Gasteiger partial charge in [0.05, 0.1) is 0 Å². The van der Waals surface area contributed by atoms with Gasteiger partial charge >= 0.3 is 0 Å². The lowest BCUT2D eigenvalue weighted by molar-refractivity contribution is 0.900. The van der Waals surface area contributed by atoms with Crippen LogP contribution < -0.4 is 5.32 Å². The number of hydrogen-bond donors (Lipinski definition) is 1. The van der Waals surface area contributed by atoms with Gasteiger partial charge in [0.2, 0.25) is 0 Å². The summed E-state index contributed by atoms with van der Waals surface area (Å²) in [5, 5.41) is 3.13. The van der Waals surface area contributed by atoms with Gasteiger partial charge in [0.15, 0.2) is 0 Å².